The fourth-order valence-corrected chi connectivity index (χ4v) is 3.52. The zero-order chi connectivity index (χ0) is 15.1. The first-order chi connectivity index (χ1) is 9.10. The predicted octanol–water partition coefficient (Wildman–Crippen LogP) is 2.21. The number of fused-ring (bicyclic) bond motifs is 1. The summed E-state index contributed by atoms with van der Waals surface area (Å²) < 4.78 is 23.6. The summed E-state index contributed by atoms with van der Waals surface area (Å²) in [6, 6.07) is -0.0603. The molecule has 118 valence electrons. The molecule has 0 unspecified atom stereocenters. The normalized spacial score (nSPS) is 39.5. The van der Waals surface area contributed by atoms with Crippen molar-refractivity contribution in [3.8, 4) is 0 Å². The van der Waals surface area contributed by atoms with Crippen LogP contribution in [0.15, 0.2) is 0 Å². The molecule has 0 amide bonds. The molecule has 0 saturated carbocycles. The Kier molecular flexibility index (Phi) is 4.64. The van der Waals surface area contributed by atoms with Crippen molar-refractivity contribution in [1.82, 2.24) is 0 Å². The van der Waals surface area contributed by atoms with Gasteiger partial charge in [0.05, 0.1) is 6.61 Å². The van der Waals surface area contributed by atoms with Gasteiger partial charge in [0, 0.05) is 12.5 Å². The largest absolute Gasteiger partial charge is 0.392 e. The Bertz CT molecular complexity index is 345. The first kappa shape index (κ1) is 16.4. The van der Waals surface area contributed by atoms with E-state index < -0.39 is 8.32 Å². The Balaban J connectivity index is 2.00. The fraction of sp³-hybridized carbons (Fsp3) is 1.00. The molecule has 2 aliphatic heterocycles. The van der Waals surface area contributed by atoms with E-state index in [2.05, 4.69) is 33.9 Å². The summed E-state index contributed by atoms with van der Waals surface area (Å²) in [5, 5.41) is 0.158. The molecule has 0 aromatic heterocycles. The van der Waals surface area contributed by atoms with Gasteiger partial charge in [-0.15, -0.1) is 0 Å². The molecule has 20 heavy (non-hydrogen) atoms. The maximum Gasteiger partial charge on any atom is 0.195 e. The third-order valence-electron chi connectivity index (χ3n) is 4.66. The van der Waals surface area contributed by atoms with E-state index in [9.17, 15) is 0 Å². The highest BCUT2D eigenvalue weighted by Gasteiger charge is 2.46. The summed E-state index contributed by atoms with van der Waals surface area (Å²) in [4.78, 5) is 0. The first-order valence-corrected chi connectivity index (χ1v) is 10.4. The van der Waals surface area contributed by atoms with E-state index in [0.717, 1.165) is 0 Å². The van der Waals surface area contributed by atoms with Crippen molar-refractivity contribution in [2.24, 2.45) is 5.73 Å². The first-order valence-electron chi connectivity index (χ1n) is 7.46. The van der Waals surface area contributed by atoms with Gasteiger partial charge in [-0.1, -0.05) is 20.8 Å². The average molecular weight is 303 g/mol. The van der Waals surface area contributed by atoms with Crippen molar-refractivity contribution in [2.75, 3.05) is 6.61 Å². The molecule has 0 aromatic rings. The van der Waals surface area contributed by atoms with Gasteiger partial charge in [0.25, 0.3) is 0 Å². The van der Waals surface area contributed by atoms with Crippen LogP contribution in [0.3, 0.4) is 0 Å². The number of nitrogens with two attached hydrogens (primary N) is 1. The van der Waals surface area contributed by atoms with Crippen LogP contribution in [0.2, 0.25) is 18.1 Å². The Morgan fingerprint density at radius 1 is 1.20 bits per heavy atom. The molecule has 2 rings (SSSR count). The molecule has 2 aliphatic rings. The van der Waals surface area contributed by atoms with Gasteiger partial charge in [0.15, 0.2) is 14.6 Å². The molecule has 0 bridgehead atoms. The smallest absolute Gasteiger partial charge is 0.195 e. The molecule has 2 heterocycles. The van der Waals surface area contributed by atoms with E-state index in [4.69, 9.17) is 24.4 Å². The summed E-state index contributed by atoms with van der Waals surface area (Å²) in [5.74, 6) is 0. The molecule has 5 nitrogen and oxygen atoms in total. The molecule has 6 heteroatoms. The molecule has 0 spiro atoms. The maximum absolute atomic E-state index is 6.32. The number of hydrogen-bond donors (Lipinski definition) is 1. The molecule has 0 aromatic carbocycles. The van der Waals surface area contributed by atoms with Crippen LogP contribution in [0.25, 0.3) is 0 Å². The third-order valence-corrected chi connectivity index (χ3v) is 9.12. The number of rotatable bonds is 2. The van der Waals surface area contributed by atoms with Gasteiger partial charge in [-0.05, 0) is 25.1 Å². The van der Waals surface area contributed by atoms with Crippen LogP contribution in [-0.2, 0) is 18.6 Å². The summed E-state index contributed by atoms with van der Waals surface area (Å²) in [6.45, 7) is 13.5. The molecular weight excluding hydrogens is 274 g/mol. The van der Waals surface area contributed by atoms with Gasteiger partial charge < -0.3 is 24.4 Å². The second-order valence-electron chi connectivity index (χ2n) is 7.38. The molecular formula is C14H29NO4Si. The van der Waals surface area contributed by atoms with Crippen LogP contribution >= 0.6 is 0 Å². The summed E-state index contributed by atoms with van der Waals surface area (Å²) in [7, 11) is -1.85. The van der Waals surface area contributed by atoms with Crippen molar-refractivity contribution >= 4 is 8.32 Å². The lowest BCUT2D eigenvalue weighted by molar-refractivity contribution is -0.303. The molecule has 5 atom stereocenters. The van der Waals surface area contributed by atoms with Gasteiger partial charge in [0.1, 0.15) is 18.5 Å². The lowest BCUT2D eigenvalue weighted by Gasteiger charge is -2.47. The highest BCUT2D eigenvalue weighted by molar-refractivity contribution is 6.74. The number of ether oxygens (including phenoxy) is 3. The van der Waals surface area contributed by atoms with Crippen LogP contribution in [0.1, 0.15) is 34.1 Å². The van der Waals surface area contributed by atoms with Crippen LogP contribution in [0.5, 0.6) is 0 Å². The van der Waals surface area contributed by atoms with E-state index in [-0.39, 0.29) is 35.9 Å². The maximum atomic E-state index is 6.32. The topological polar surface area (TPSA) is 62.9 Å². The van der Waals surface area contributed by atoms with E-state index >= 15 is 0 Å². The Labute approximate surface area is 123 Å². The van der Waals surface area contributed by atoms with Crippen molar-refractivity contribution in [2.45, 2.75) is 83.1 Å². The Morgan fingerprint density at radius 2 is 1.85 bits per heavy atom. The second-order valence-corrected chi connectivity index (χ2v) is 12.1. The molecule has 0 radical (unpaired) electrons. The van der Waals surface area contributed by atoms with Crippen molar-refractivity contribution in [3.05, 3.63) is 0 Å². The highest BCUT2D eigenvalue weighted by atomic mass is 28.4. The molecule has 2 N–H and O–H groups in total. The Morgan fingerprint density at radius 3 is 2.45 bits per heavy atom. The van der Waals surface area contributed by atoms with E-state index in [1.165, 1.54) is 0 Å². The fourth-order valence-electron chi connectivity index (χ4n) is 2.35. The van der Waals surface area contributed by atoms with E-state index in [1.807, 2.05) is 6.92 Å². The average Bonchev–Trinajstić information content (AvgIpc) is 2.28. The summed E-state index contributed by atoms with van der Waals surface area (Å²) in [6.07, 6.45) is 0.0275. The predicted molar refractivity (Wildman–Crippen MR) is 79.8 cm³/mol. The minimum absolute atomic E-state index is 0.0603. The van der Waals surface area contributed by atoms with Crippen molar-refractivity contribution in [3.63, 3.8) is 0 Å². The minimum Gasteiger partial charge on any atom is -0.392 e. The number of hydrogen-bond acceptors (Lipinski definition) is 5. The van der Waals surface area contributed by atoms with Gasteiger partial charge >= 0.3 is 0 Å². The van der Waals surface area contributed by atoms with Gasteiger partial charge in [0.2, 0.25) is 0 Å². The zero-order valence-corrected chi connectivity index (χ0v) is 14.5. The standard InChI is InChI=1S/C14H29NO4Si/c1-9-16-8-11-13(17-9)10(15)7-12(18-11)19-20(5,6)14(2,3)4/h9-13H,7-8,15H2,1-6H3/t9-,10-,11-,12+,13+/m1/s1. The summed E-state index contributed by atoms with van der Waals surface area (Å²) in [5.41, 5.74) is 6.24. The van der Waals surface area contributed by atoms with Gasteiger partial charge in [-0.2, -0.15) is 0 Å². The minimum atomic E-state index is -1.85. The monoisotopic (exact) mass is 303 g/mol. The quantitative estimate of drug-likeness (QED) is 0.793. The third kappa shape index (κ3) is 3.43. The van der Waals surface area contributed by atoms with Crippen molar-refractivity contribution < 1.29 is 18.6 Å². The van der Waals surface area contributed by atoms with Crippen LogP contribution in [-0.4, -0.2) is 45.8 Å². The summed E-state index contributed by atoms with van der Waals surface area (Å²) >= 11 is 0. The van der Waals surface area contributed by atoms with Crippen LogP contribution in [0.4, 0.5) is 0 Å². The van der Waals surface area contributed by atoms with Gasteiger partial charge in [-0.3, -0.25) is 0 Å². The van der Waals surface area contributed by atoms with Crippen LogP contribution < -0.4 is 5.73 Å². The lowest BCUT2D eigenvalue weighted by atomic mass is 9.99. The van der Waals surface area contributed by atoms with E-state index in [1.54, 1.807) is 0 Å². The van der Waals surface area contributed by atoms with E-state index in [0.29, 0.717) is 13.0 Å². The van der Waals surface area contributed by atoms with Gasteiger partial charge in [-0.25, -0.2) is 0 Å². The second kappa shape index (κ2) is 5.66. The molecule has 0 aliphatic carbocycles. The SMILES string of the molecule is C[C@@H]1OC[C@H]2O[C@@H](O[Si](C)(C)C(C)(C)C)C[C@@H](N)[C@@H]2O1. The van der Waals surface area contributed by atoms with Crippen molar-refractivity contribution in [1.29, 1.82) is 0 Å². The lowest BCUT2D eigenvalue weighted by Crippen LogP contribution is -2.60. The molecule has 2 fully saturated rings. The zero-order valence-electron chi connectivity index (χ0n) is 13.5. The Hall–Kier alpha value is 0.0169. The van der Waals surface area contributed by atoms with Crippen LogP contribution in [0, 0.1) is 0 Å². The highest BCUT2D eigenvalue weighted by Crippen LogP contribution is 2.39. The molecule has 2 saturated heterocycles.